The number of halogens is 1. The molecular formula is C17H18ClN3O3S. The Hall–Kier alpha value is -2.09. The van der Waals surface area contributed by atoms with Crippen LogP contribution in [0.3, 0.4) is 0 Å². The molecule has 0 spiro atoms. The molecule has 0 unspecified atom stereocenters. The number of sulfonamides is 1. The molecule has 25 heavy (non-hydrogen) atoms. The van der Waals surface area contributed by atoms with Crippen LogP contribution in [0.15, 0.2) is 47.5 Å². The first kappa shape index (κ1) is 17.7. The van der Waals surface area contributed by atoms with Gasteiger partial charge in [-0.2, -0.15) is 0 Å². The lowest BCUT2D eigenvalue weighted by Gasteiger charge is -2.10. The van der Waals surface area contributed by atoms with Gasteiger partial charge in [0.25, 0.3) is 0 Å². The quantitative estimate of drug-likeness (QED) is 0.714. The fourth-order valence-corrected chi connectivity index (χ4v) is 4.03. The zero-order chi connectivity index (χ0) is 18.0. The average Bonchev–Trinajstić information content (AvgIpc) is 2.99. The minimum atomic E-state index is -3.73. The van der Waals surface area contributed by atoms with Gasteiger partial charge in [-0.25, -0.2) is 18.1 Å². The van der Waals surface area contributed by atoms with E-state index >= 15 is 0 Å². The van der Waals surface area contributed by atoms with Gasteiger partial charge in [0, 0.05) is 29.9 Å². The Morgan fingerprint density at radius 1 is 1.28 bits per heavy atom. The second-order valence-corrected chi connectivity index (χ2v) is 7.74. The number of methoxy groups -OCH3 is 1. The lowest BCUT2D eigenvalue weighted by molar-refractivity contribution is 0.402. The van der Waals surface area contributed by atoms with Crippen LogP contribution in [-0.4, -0.2) is 31.5 Å². The van der Waals surface area contributed by atoms with Crippen molar-refractivity contribution in [2.24, 2.45) is 0 Å². The van der Waals surface area contributed by atoms with Crippen LogP contribution in [0.5, 0.6) is 5.75 Å². The Labute approximate surface area is 151 Å². The van der Waals surface area contributed by atoms with Crippen molar-refractivity contribution >= 4 is 27.3 Å². The van der Waals surface area contributed by atoms with E-state index in [0.717, 1.165) is 17.0 Å². The van der Waals surface area contributed by atoms with Crippen molar-refractivity contribution in [2.75, 3.05) is 13.7 Å². The van der Waals surface area contributed by atoms with Gasteiger partial charge in [0.05, 0.1) is 12.8 Å². The summed E-state index contributed by atoms with van der Waals surface area (Å²) >= 11 is 5.91. The molecule has 0 saturated carbocycles. The Morgan fingerprint density at radius 3 is 2.80 bits per heavy atom. The minimum Gasteiger partial charge on any atom is -0.495 e. The second-order valence-electron chi connectivity index (χ2n) is 5.57. The minimum absolute atomic E-state index is 0.0216. The zero-order valence-electron chi connectivity index (χ0n) is 13.9. The third-order valence-electron chi connectivity index (χ3n) is 3.83. The number of nitrogens with zero attached hydrogens (tertiary/aromatic N) is 2. The molecule has 0 radical (unpaired) electrons. The summed E-state index contributed by atoms with van der Waals surface area (Å²) in [5, 5.41) is 0.331. The molecule has 0 saturated heterocycles. The normalized spacial score (nSPS) is 11.8. The molecule has 0 aliphatic carbocycles. The molecule has 6 nitrogen and oxygen atoms in total. The molecule has 0 fully saturated rings. The van der Waals surface area contributed by atoms with Crippen molar-refractivity contribution in [3.63, 3.8) is 0 Å². The standard InChI is InChI=1S/C17H18ClN3O3S/c1-12-4-3-5-17-20-14(11-21(12)17)8-9-19-25(22,23)16-10-13(18)6-7-15(16)24-2/h3-7,10-11,19H,8-9H2,1-2H3. The first-order valence-electron chi connectivity index (χ1n) is 7.67. The van der Waals surface area contributed by atoms with Gasteiger partial charge in [0.15, 0.2) is 0 Å². The maximum atomic E-state index is 12.5. The number of ether oxygens (including phenoxy) is 1. The molecule has 0 atom stereocenters. The van der Waals surface area contributed by atoms with Crippen LogP contribution in [0.2, 0.25) is 5.02 Å². The molecule has 2 aromatic heterocycles. The predicted molar refractivity (Wildman–Crippen MR) is 96.8 cm³/mol. The van der Waals surface area contributed by atoms with E-state index in [1.54, 1.807) is 6.07 Å². The summed E-state index contributed by atoms with van der Waals surface area (Å²) in [4.78, 5) is 4.52. The first-order chi connectivity index (χ1) is 11.9. The first-order valence-corrected chi connectivity index (χ1v) is 9.53. The molecular weight excluding hydrogens is 362 g/mol. The SMILES string of the molecule is COc1ccc(Cl)cc1S(=O)(=O)NCCc1cn2c(C)cccc2n1. The van der Waals surface area contributed by atoms with Crippen LogP contribution < -0.4 is 9.46 Å². The molecule has 0 aliphatic heterocycles. The number of aromatic nitrogens is 2. The summed E-state index contributed by atoms with van der Waals surface area (Å²) < 4.78 is 34.7. The highest BCUT2D eigenvalue weighted by Crippen LogP contribution is 2.26. The third kappa shape index (κ3) is 3.78. The van der Waals surface area contributed by atoms with E-state index in [-0.39, 0.29) is 17.2 Å². The van der Waals surface area contributed by atoms with Crippen molar-refractivity contribution < 1.29 is 13.2 Å². The Bertz CT molecular complexity index is 1020. The summed E-state index contributed by atoms with van der Waals surface area (Å²) in [7, 11) is -2.31. The van der Waals surface area contributed by atoms with E-state index < -0.39 is 10.0 Å². The third-order valence-corrected chi connectivity index (χ3v) is 5.55. The molecule has 0 amide bonds. The highest BCUT2D eigenvalue weighted by atomic mass is 35.5. The highest BCUT2D eigenvalue weighted by molar-refractivity contribution is 7.89. The van der Waals surface area contributed by atoms with E-state index in [2.05, 4.69) is 9.71 Å². The monoisotopic (exact) mass is 379 g/mol. The topological polar surface area (TPSA) is 72.7 Å². The maximum Gasteiger partial charge on any atom is 0.244 e. The molecule has 0 aliphatic rings. The van der Waals surface area contributed by atoms with Gasteiger partial charge in [0.2, 0.25) is 10.0 Å². The molecule has 2 heterocycles. The zero-order valence-corrected chi connectivity index (χ0v) is 15.4. The van der Waals surface area contributed by atoms with Crippen LogP contribution in [0.25, 0.3) is 5.65 Å². The van der Waals surface area contributed by atoms with Crippen molar-refractivity contribution in [3.8, 4) is 5.75 Å². The van der Waals surface area contributed by atoms with Crippen LogP contribution in [0, 0.1) is 6.92 Å². The molecule has 3 rings (SSSR count). The number of nitrogens with one attached hydrogen (secondary N) is 1. The van der Waals surface area contributed by atoms with E-state index in [9.17, 15) is 8.42 Å². The van der Waals surface area contributed by atoms with Gasteiger partial charge < -0.3 is 9.14 Å². The Morgan fingerprint density at radius 2 is 2.08 bits per heavy atom. The smallest absolute Gasteiger partial charge is 0.244 e. The van der Waals surface area contributed by atoms with E-state index in [4.69, 9.17) is 16.3 Å². The number of aryl methyl sites for hydroxylation is 1. The summed E-state index contributed by atoms with van der Waals surface area (Å²) in [5.74, 6) is 0.250. The van der Waals surface area contributed by atoms with Gasteiger partial charge in [0.1, 0.15) is 16.3 Å². The van der Waals surface area contributed by atoms with E-state index in [1.807, 2.05) is 35.7 Å². The van der Waals surface area contributed by atoms with Crippen molar-refractivity contribution in [1.29, 1.82) is 0 Å². The largest absolute Gasteiger partial charge is 0.495 e. The summed E-state index contributed by atoms with van der Waals surface area (Å²) in [5.41, 5.74) is 2.73. The molecule has 1 N–H and O–H groups in total. The van der Waals surface area contributed by atoms with Crippen LogP contribution in [0.1, 0.15) is 11.4 Å². The van der Waals surface area contributed by atoms with Gasteiger partial charge >= 0.3 is 0 Å². The summed E-state index contributed by atoms with van der Waals surface area (Å²) in [6.45, 7) is 2.22. The average molecular weight is 380 g/mol. The van der Waals surface area contributed by atoms with Gasteiger partial charge in [-0.3, -0.25) is 0 Å². The fraction of sp³-hybridized carbons (Fsp3) is 0.235. The number of hydrogen-bond donors (Lipinski definition) is 1. The molecule has 132 valence electrons. The number of fused-ring (bicyclic) bond motifs is 1. The summed E-state index contributed by atoms with van der Waals surface area (Å²) in [6.07, 6.45) is 2.39. The second kappa shape index (κ2) is 7.03. The molecule has 1 aromatic carbocycles. The van der Waals surface area contributed by atoms with Crippen molar-refractivity contribution in [2.45, 2.75) is 18.2 Å². The number of hydrogen-bond acceptors (Lipinski definition) is 4. The molecule has 8 heteroatoms. The lowest BCUT2D eigenvalue weighted by Crippen LogP contribution is -2.26. The van der Waals surface area contributed by atoms with Crippen molar-refractivity contribution in [1.82, 2.24) is 14.1 Å². The van der Waals surface area contributed by atoms with Crippen LogP contribution in [0.4, 0.5) is 0 Å². The highest BCUT2D eigenvalue weighted by Gasteiger charge is 2.19. The number of benzene rings is 1. The summed E-state index contributed by atoms with van der Waals surface area (Å²) in [6, 6.07) is 10.3. The fourth-order valence-electron chi connectivity index (χ4n) is 2.57. The molecule has 0 bridgehead atoms. The van der Waals surface area contributed by atoms with E-state index in [0.29, 0.717) is 11.4 Å². The molecule has 3 aromatic rings. The van der Waals surface area contributed by atoms with Gasteiger partial charge in [-0.05, 0) is 37.3 Å². The predicted octanol–water partition coefficient (Wildman–Crippen LogP) is 2.83. The van der Waals surface area contributed by atoms with Crippen molar-refractivity contribution in [3.05, 3.63) is 59.0 Å². The van der Waals surface area contributed by atoms with Crippen LogP contribution in [-0.2, 0) is 16.4 Å². The van der Waals surface area contributed by atoms with Gasteiger partial charge in [-0.15, -0.1) is 0 Å². The lowest BCUT2D eigenvalue weighted by atomic mass is 10.3. The van der Waals surface area contributed by atoms with Crippen LogP contribution >= 0.6 is 11.6 Å². The Kier molecular flexibility index (Phi) is 4.99. The van der Waals surface area contributed by atoms with Gasteiger partial charge in [-0.1, -0.05) is 17.7 Å². The maximum absolute atomic E-state index is 12.5. The van der Waals surface area contributed by atoms with E-state index in [1.165, 1.54) is 19.2 Å². The number of rotatable bonds is 6. The number of pyridine rings is 1. The number of imidazole rings is 1. The Balaban J connectivity index is 1.74.